The molecule has 106 valence electrons. The van der Waals surface area contributed by atoms with Gasteiger partial charge < -0.3 is 10.1 Å². The highest BCUT2D eigenvalue weighted by Gasteiger charge is 2.18. The van der Waals surface area contributed by atoms with Crippen molar-refractivity contribution in [2.75, 3.05) is 38.1 Å². The SMILES string of the molecule is CCN1CCOC(CNc2cnc3ccccc3n2)C1. The summed E-state index contributed by atoms with van der Waals surface area (Å²) in [5.41, 5.74) is 1.83. The Hall–Kier alpha value is -1.72. The van der Waals surface area contributed by atoms with Gasteiger partial charge in [0, 0.05) is 19.6 Å². The normalized spacial score (nSPS) is 20.1. The lowest BCUT2D eigenvalue weighted by molar-refractivity contribution is -0.0192. The number of para-hydroxylation sites is 2. The summed E-state index contributed by atoms with van der Waals surface area (Å²) in [5, 5.41) is 3.33. The molecule has 2 aromatic rings. The summed E-state index contributed by atoms with van der Waals surface area (Å²) in [5.74, 6) is 0.806. The number of hydrogen-bond acceptors (Lipinski definition) is 5. The Labute approximate surface area is 119 Å². The summed E-state index contributed by atoms with van der Waals surface area (Å²) in [6, 6.07) is 7.89. The lowest BCUT2D eigenvalue weighted by Gasteiger charge is -2.32. The van der Waals surface area contributed by atoms with Gasteiger partial charge >= 0.3 is 0 Å². The number of likely N-dealkylation sites (N-methyl/N-ethyl adjacent to an activating group) is 1. The van der Waals surface area contributed by atoms with E-state index in [0.29, 0.717) is 0 Å². The number of fused-ring (bicyclic) bond motifs is 1. The summed E-state index contributed by atoms with van der Waals surface area (Å²) >= 11 is 0. The molecule has 1 aliphatic heterocycles. The lowest BCUT2D eigenvalue weighted by Crippen LogP contribution is -2.45. The molecule has 0 saturated carbocycles. The van der Waals surface area contributed by atoms with E-state index >= 15 is 0 Å². The average Bonchev–Trinajstić information content (AvgIpc) is 2.53. The van der Waals surface area contributed by atoms with Gasteiger partial charge in [0.05, 0.1) is 29.9 Å². The molecule has 1 aromatic heterocycles. The van der Waals surface area contributed by atoms with Crippen molar-refractivity contribution in [2.24, 2.45) is 0 Å². The zero-order valence-electron chi connectivity index (χ0n) is 11.7. The van der Waals surface area contributed by atoms with Crippen LogP contribution in [0.3, 0.4) is 0 Å². The van der Waals surface area contributed by atoms with Crippen molar-refractivity contribution in [1.29, 1.82) is 0 Å². The number of rotatable bonds is 4. The van der Waals surface area contributed by atoms with E-state index in [-0.39, 0.29) is 6.10 Å². The predicted octanol–water partition coefficient (Wildman–Crippen LogP) is 1.76. The quantitative estimate of drug-likeness (QED) is 0.919. The fourth-order valence-corrected chi connectivity index (χ4v) is 2.45. The molecule has 1 saturated heterocycles. The van der Waals surface area contributed by atoms with Crippen LogP contribution in [0.2, 0.25) is 0 Å². The number of aromatic nitrogens is 2. The zero-order valence-corrected chi connectivity index (χ0v) is 11.7. The Balaban J connectivity index is 1.61. The minimum Gasteiger partial charge on any atom is -0.374 e. The smallest absolute Gasteiger partial charge is 0.145 e. The van der Waals surface area contributed by atoms with Crippen LogP contribution in [0.5, 0.6) is 0 Å². The summed E-state index contributed by atoms with van der Waals surface area (Å²) < 4.78 is 5.77. The Kier molecular flexibility index (Phi) is 4.08. The van der Waals surface area contributed by atoms with Crippen molar-refractivity contribution < 1.29 is 4.74 Å². The molecule has 1 aliphatic rings. The molecule has 1 N–H and O–H groups in total. The van der Waals surface area contributed by atoms with Gasteiger partial charge in [-0.25, -0.2) is 4.98 Å². The summed E-state index contributed by atoms with van der Waals surface area (Å²) in [6.07, 6.45) is 2.00. The van der Waals surface area contributed by atoms with E-state index < -0.39 is 0 Å². The first-order valence-corrected chi connectivity index (χ1v) is 7.15. The lowest BCUT2D eigenvalue weighted by atomic mass is 10.2. The van der Waals surface area contributed by atoms with Gasteiger partial charge in [0.2, 0.25) is 0 Å². The Bertz CT molecular complexity index is 575. The van der Waals surface area contributed by atoms with Crippen LogP contribution in [0.1, 0.15) is 6.92 Å². The maximum atomic E-state index is 5.77. The van der Waals surface area contributed by atoms with Gasteiger partial charge in [0.1, 0.15) is 5.82 Å². The van der Waals surface area contributed by atoms with E-state index in [1.165, 1.54) is 0 Å². The molecule has 3 rings (SSSR count). The Morgan fingerprint density at radius 1 is 1.35 bits per heavy atom. The van der Waals surface area contributed by atoms with Crippen molar-refractivity contribution >= 4 is 16.9 Å². The van der Waals surface area contributed by atoms with Crippen LogP contribution in [0.4, 0.5) is 5.82 Å². The number of nitrogens with zero attached hydrogens (tertiary/aromatic N) is 3. The predicted molar refractivity (Wildman–Crippen MR) is 79.9 cm³/mol. The van der Waals surface area contributed by atoms with Crippen LogP contribution >= 0.6 is 0 Å². The second-order valence-corrected chi connectivity index (χ2v) is 5.01. The van der Waals surface area contributed by atoms with Crippen molar-refractivity contribution in [3.8, 4) is 0 Å². The van der Waals surface area contributed by atoms with Crippen molar-refractivity contribution in [3.05, 3.63) is 30.5 Å². The van der Waals surface area contributed by atoms with E-state index in [1.807, 2.05) is 24.3 Å². The summed E-state index contributed by atoms with van der Waals surface area (Å²) in [6.45, 7) is 6.85. The Morgan fingerprint density at radius 3 is 3.05 bits per heavy atom. The molecule has 5 nitrogen and oxygen atoms in total. The third-order valence-electron chi connectivity index (χ3n) is 3.63. The second-order valence-electron chi connectivity index (χ2n) is 5.01. The van der Waals surface area contributed by atoms with Crippen LogP contribution < -0.4 is 5.32 Å². The van der Waals surface area contributed by atoms with Crippen LogP contribution in [0.15, 0.2) is 30.5 Å². The van der Waals surface area contributed by atoms with Crippen LogP contribution in [-0.2, 0) is 4.74 Å². The molecule has 0 spiro atoms. The van der Waals surface area contributed by atoms with E-state index in [2.05, 4.69) is 27.1 Å². The monoisotopic (exact) mass is 272 g/mol. The molecule has 1 fully saturated rings. The van der Waals surface area contributed by atoms with Gasteiger partial charge in [-0.3, -0.25) is 9.88 Å². The molecule has 20 heavy (non-hydrogen) atoms. The third-order valence-corrected chi connectivity index (χ3v) is 3.63. The highest BCUT2D eigenvalue weighted by molar-refractivity contribution is 5.75. The first-order chi connectivity index (χ1) is 9.85. The number of nitrogens with one attached hydrogen (secondary N) is 1. The fourth-order valence-electron chi connectivity index (χ4n) is 2.45. The maximum absolute atomic E-state index is 5.77. The number of benzene rings is 1. The van der Waals surface area contributed by atoms with Crippen molar-refractivity contribution in [1.82, 2.24) is 14.9 Å². The second kappa shape index (κ2) is 6.15. The van der Waals surface area contributed by atoms with Crippen molar-refractivity contribution in [2.45, 2.75) is 13.0 Å². The molecule has 1 atom stereocenters. The van der Waals surface area contributed by atoms with Crippen LogP contribution in [0.25, 0.3) is 11.0 Å². The first-order valence-electron chi connectivity index (χ1n) is 7.15. The molecule has 0 bridgehead atoms. The number of hydrogen-bond donors (Lipinski definition) is 1. The molecular weight excluding hydrogens is 252 g/mol. The fraction of sp³-hybridized carbons (Fsp3) is 0.467. The highest BCUT2D eigenvalue weighted by atomic mass is 16.5. The third kappa shape index (κ3) is 3.05. The van der Waals surface area contributed by atoms with E-state index in [9.17, 15) is 0 Å². The molecule has 0 aliphatic carbocycles. The van der Waals surface area contributed by atoms with E-state index in [0.717, 1.165) is 49.6 Å². The zero-order chi connectivity index (χ0) is 13.8. The van der Waals surface area contributed by atoms with Crippen LogP contribution in [-0.4, -0.2) is 53.8 Å². The number of ether oxygens (including phenoxy) is 1. The van der Waals surface area contributed by atoms with Gasteiger partial charge in [0.15, 0.2) is 0 Å². The summed E-state index contributed by atoms with van der Waals surface area (Å²) in [7, 11) is 0. The molecule has 1 aromatic carbocycles. The summed E-state index contributed by atoms with van der Waals surface area (Å²) in [4.78, 5) is 11.4. The van der Waals surface area contributed by atoms with Crippen molar-refractivity contribution in [3.63, 3.8) is 0 Å². The van der Waals surface area contributed by atoms with Gasteiger partial charge in [-0.15, -0.1) is 0 Å². The van der Waals surface area contributed by atoms with E-state index in [1.54, 1.807) is 6.20 Å². The number of morpholine rings is 1. The maximum Gasteiger partial charge on any atom is 0.145 e. The molecule has 5 heteroatoms. The average molecular weight is 272 g/mol. The molecular formula is C15H20N4O. The minimum absolute atomic E-state index is 0.219. The largest absolute Gasteiger partial charge is 0.374 e. The van der Waals surface area contributed by atoms with Gasteiger partial charge in [-0.05, 0) is 18.7 Å². The van der Waals surface area contributed by atoms with Gasteiger partial charge in [-0.2, -0.15) is 0 Å². The van der Waals surface area contributed by atoms with Gasteiger partial charge in [-0.1, -0.05) is 19.1 Å². The minimum atomic E-state index is 0.219. The van der Waals surface area contributed by atoms with Gasteiger partial charge in [0.25, 0.3) is 0 Å². The first kappa shape index (κ1) is 13.3. The van der Waals surface area contributed by atoms with Crippen LogP contribution in [0, 0.1) is 0 Å². The molecule has 0 amide bonds. The topological polar surface area (TPSA) is 50.3 Å². The highest BCUT2D eigenvalue weighted by Crippen LogP contribution is 2.12. The molecule has 1 unspecified atom stereocenters. The number of anilines is 1. The molecule has 0 radical (unpaired) electrons. The molecule has 2 heterocycles. The standard InChI is InChI=1S/C15H20N4O/c1-2-19-7-8-20-12(11-19)9-17-15-10-16-13-5-3-4-6-14(13)18-15/h3-6,10,12H,2,7-9,11H2,1H3,(H,17,18). The van der Waals surface area contributed by atoms with E-state index in [4.69, 9.17) is 4.74 Å². The Morgan fingerprint density at radius 2 is 2.20 bits per heavy atom.